The van der Waals surface area contributed by atoms with Crippen molar-refractivity contribution in [3.05, 3.63) is 52.1 Å². The van der Waals surface area contributed by atoms with Gasteiger partial charge in [0.25, 0.3) is 11.6 Å². The molecule has 2 N–H and O–H groups in total. The molecule has 0 fully saturated rings. The van der Waals surface area contributed by atoms with E-state index in [4.69, 9.17) is 0 Å². The van der Waals surface area contributed by atoms with E-state index in [0.717, 1.165) is 18.2 Å². The Bertz CT molecular complexity index is 597. The molecule has 7 nitrogen and oxygen atoms in total. The van der Waals surface area contributed by atoms with Crippen LogP contribution in [0.25, 0.3) is 0 Å². The van der Waals surface area contributed by atoms with Crippen LogP contribution in [-0.4, -0.2) is 21.0 Å². The Hall–Kier alpha value is -2.77. The molecule has 0 bridgehead atoms. The lowest BCUT2D eigenvalue weighted by Gasteiger charge is -2.03. The number of aromatic nitrogens is 2. The molecule has 0 unspecified atom stereocenters. The first kappa shape index (κ1) is 11.7. The van der Waals surface area contributed by atoms with Crippen LogP contribution in [-0.2, 0) is 0 Å². The lowest BCUT2D eigenvalue weighted by molar-refractivity contribution is -0.384. The minimum absolute atomic E-state index is 0.339. The lowest BCUT2D eigenvalue weighted by Crippen LogP contribution is -2.13. The summed E-state index contributed by atoms with van der Waals surface area (Å²) in [6.07, 6.45) is 2.72. The molecule has 1 aromatic heterocycles. The fraction of sp³-hybridized carbons (Fsp3) is 0. The number of amides is 1. The number of non-ortho nitro benzene ring substituents is 1. The number of carbonyl (C=O) groups excluding carboxylic acids is 1. The van der Waals surface area contributed by atoms with Crippen molar-refractivity contribution in [1.82, 2.24) is 10.2 Å². The molecule has 0 aliphatic rings. The standard InChI is InChI=1S/C10H7FN4O3/c11-9-2-1-7(15(17)18)3-8(9)10(16)14-6-4-12-13-5-6/h1-5H,(H,12,13)(H,14,16). The molecule has 1 aromatic carbocycles. The molecule has 0 spiro atoms. The molecule has 2 rings (SSSR count). The van der Waals surface area contributed by atoms with Crippen molar-refractivity contribution in [3.63, 3.8) is 0 Å². The van der Waals surface area contributed by atoms with Gasteiger partial charge in [-0.1, -0.05) is 0 Å². The molecule has 18 heavy (non-hydrogen) atoms. The number of nitro benzene ring substituents is 1. The Kier molecular flexibility index (Phi) is 3.00. The highest BCUT2D eigenvalue weighted by atomic mass is 19.1. The van der Waals surface area contributed by atoms with Crippen LogP contribution in [0.3, 0.4) is 0 Å². The molecular formula is C10H7FN4O3. The molecule has 1 amide bonds. The molecule has 0 saturated heterocycles. The molecule has 92 valence electrons. The quantitative estimate of drug-likeness (QED) is 0.639. The van der Waals surface area contributed by atoms with Gasteiger partial charge in [-0.25, -0.2) is 4.39 Å². The van der Waals surface area contributed by atoms with Crippen LogP contribution in [0.2, 0.25) is 0 Å². The smallest absolute Gasteiger partial charge is 0.270 e. The third-order valence-corrected chi connectivity index (χ3v) is 2.16. The maximum atomic E-state index is 13.4. The van der Waals surface area contributed by atoms with Gasteiger partial charge in [-0.3, -0.25) is 20.0 Å². The van der Waals surface area contributed by atoms with E-state index < -0.39 is 22.2 Å². The summed E-state index contributed by atoms with van der Waals surface area (Å²) >= 11 is 0. The molecule has 0 radical (unpaired) electrons. The Labute approximate surface area is 99.8 Å². The van der Waals surface area contributed by atoms with Gasteiger partial charge in [0.15, 0.2) is 0 Å². The highest BCUT2D eigenvalue weighted by Crippen LogP contribution is 2.18. The predicted molar refractivity (Wildman–Crippen MR) is 59.6 cm³/mol. The first-order chi connectivity index (χ1) is 8.58. The second kappa shape index (κ2) is 4.62. The fourth-order valence-corrected chi connectivity index (χ4v) is 1.32. The van der Waals surface area contributed by atoms with Crippen molar-refractivity contribution in [3.8, 4) is 0 Å². The molecule has 0 saturated carbocycles. The number of carbonyl (C=O) groups is 1. The number of halogens is 1. The summed E-state index contributed by atoms with van der Waals surface area (Å²) in [6, 6.07) is 2.75. The zero-order chi connectivity index (χ0) is 13.1. The summed E-state index contributed by atoms with van der Waals surface area (Å²) in [7, 11) is 0. The minimum Gasteiger partial charge on any atom is -0.319 e. The van der Waals surface area contributed by atoms with E-state index in [-0.39, 0.29) is 5.69 Å². The number of hydrogen-bond acceptors (Lipinski definition) is 4. The number of nitrogens with zero attached hydrogens (tertiary/aromatic N) is 2. The monoisotopic (exact) mass is 250 g/mol. The van der Waals surface area contributed by atoms with Crippen LogP contribution < -0.4 is 5.32 Å². The van der Waals surface area contributed by atoms with E-state index in [1.807, 2.05) is 0 Å². The zero-order valence-electron chi connectivity index (χ0n) is 8.88. The number of H-pyrrole nitrogens is 1. The fourth-order valence-electron chi connectivity index (χ4n) is 1.32. The van der Waals surface area contributed by atoms with E-state index in [1.165, 1.54) is 12.4 Å². The second-order valence-corrected chi connectivity index (χ2v) is 3.36. The lowest BCUT2D eigenvalue weighted by atomic mass is 10.1. The van der Waals surface area contributed by atoms with Crippen molar-refractivity contribution < 1.29 is 14.1 Å². The van der Waals surface area contributed by atoms with Crippen molar-refractivity contribution in [2.75, 3.05) is 5.32 Å². The summed E-state index contributed by atoms with van der Waals surface area (Å²) in [4.78, 5) is 21.5. The van der Waals surface area contributed by atoms with Crippen LogP contribution >= 0.6 is 0 Å². The van der Waals surface area contributed by atoms with Gasteiger partial charge in [0.1, 0.15) is 5.82 Å². The molecular weight excluding hydrogens is 243 g/mol. The molecule has 0 aliphatic heterocycles. The van der Waals surface area contributed by atoms with Gasteiger partial charge in [-0.2, -0.15) is 5.10 Å². The molecule has 0 aliphatic carbocycles. The van der Waals surface area contributed by atoms with Crippen molar-refractivity contribution >= 4 is 17.3 Å². The third-order valence-electron chi connectivity index (χ3n) is 2.16. The largest absolute Gasteiger partial charge is 0.319 e. The Morgan fingerprint density at radius 1 is 1.50 bits per heavy atom. The number of benzene rings is 1. The second-order valence-electron chi connectivity index (χ2n) is 3.36. The molecule has 2 aromatic rings. The third kappa shape index (κ3) is 2.32. The Balaban J connectivity index is 2.29. The molecule has 0 atom stereocenters. The minimum atomic E-state index is -0.832. The number of anilines is 1. The van der Waals surface area contributed by atoms with Crippen LogP contribution in [0.4, 0.5) is 15.8 Å². The van der Waals surface area contributed by atoms with Gasteiger partial charge in [0.2, 0.25) is 0 Å². The van der Waals surface area contributed by atoms with E-state index in [0.29, 0.717) is 5.69 Å². The summed E-state index contributed by atoms with van der Waals surface area (Å²) in [5.41, 5.74) is -0.412. The van der Waals surface area contributed by atoms with Gasteiger partial charge in [0.05, 0.1) is 22.4 Å². The topological polar surface area (TPSA) is 101 Å². The Morgan fingerprint density at radius 3 is 2.89 bits per heavy atom. The van der Waals surface area contributed by atoms with Gasteiger partial charge >= 0.3 is 0 Å². The first-order valence-electron chi connectivity index (χ1n) is 4.82. The van der Waals surface area contributed by atoms with Crippen molar-refractivity contribution in [1.29, 1.82) is 0 Å². The maximum Gasteiger partial charge on any atom is 0.270 e. The van der Waals surface area contributed by atoms with Crippen LogP contribution in [0.5, 0.6) is 0 Å². The Morgan fingerprint density at radius 2 is 2.28 bits per heavy atom. The average molecular weight is 250 g/mol. The number of rotatable bonds is 3. The predicted octanol–water partition coefficient (Wildman–Crippen LogP) is 1.71. The van der Waals surface area contributed by atoms with Crippen LogP contribution in [0.15, 0.2) is 30.6 Å². The highest BCUT2D eigenvalue weighted by Gasteiger charge is 2.17. The van der Waals surface area contributed by atoms with E-state index in [1.54, 1.807) is 0 Å². The van der Waals surface area contributed by atoms with E-state index >= 15 is 0 Å². The summed E-state index contributed by atoms with van der Waals surface area (Å²) < 4.78 is 13.4. The molecule has 8 heteroatoms. The number of nitro groups is 1. The van der Waals surface area contributed by atoms with Gasteiger partial charge in [-0.05, 0) is 6.07 Å². The van der Waals surface area contributed by atoms with E-state index in [2.05, 4.69) is 15.5 Å². The van der Waals surface area contributed by atoms with Gasteiger partial charge < -0.3 is 5.32 Å². The van der Waals surface area contributed by atoms with Crippen LogP contribution in [0.1, 0.15) is 10.4 Å². The summed E-state index contributed by atoms with van der Waals surface area (Å²) in [6.45, 7) is 0. The normalized spacial score (nSPS) is 10.1. The highest BCUT2D eigenvalue weighted by molar-refractivity contribution is 6.04. The van der Waals surface area contributed by atoms with Gasteiger partial charge in [0, 0.05) is 18.3 Å². The number of aromatic amines is 1. The van der Waals surface area contributed by atoms with Crippen LogP contribution in [0, 0.1) is 15.9 Å². The average Bonchev–Trinajstić information content (AvgIpc) is 2.81. The SMILES string of the molecule is O=C(Nc1cn[nH]c1)c1cc([N+](=O)[O-])ccc1F. The van der Waals surface area contributed by atoms with Gasteiger partial charge in [-0.15, -0.1) is 0 Å². The molecule has 1 heterocycles. The zero-order valence-corrected chi connectivity index (χ0v) is 8.88. The maximum absolute atomic E-state index is 13.4. The van der Waals surface area contributed by atoms with E-state index in [9.17, 15) is 19.3 Å². The number of hydrogen-bond donors (Lipinski definition) is 2. The summed E-state index contributed by atoms with van der Waals surface area (Å²) in [5, 5.41) is 18.9. The van der Waals surface area contributed by atoms with Crippen molar-refractivity contribution in [2.24, 2.45) is 0 Å². The summed E-state index contributed by atoms with van der Waals surface area (Å²) in [5.74, 6) is -1.61. The number of nitrogens with one attached hydrogen (secondary N) is 2. The van der Waals surface area contributed by atoms with Crippen molar-refractivity contribution in [2.45, 2.75) is 0 Å². The first-order valence-corrected chi connectivity index (χ1v) is 4.82.